The van der Waals surface area contributed by atoms with Crippen LogP contribution in [0.5, 0.6) is 5.75 Å². The Morgan fingerprint density at radius 2 is 1.21 bits per heavy atom. The van der Waals surface area contributed by atoms with Gasteiger partial charge in [0.25, 0.3) is 0 Å². The summed E-state index contributed by atoms with van der Waals surface area (Å²) in [6.07, 6.45) is 0. The number of carbonyl (C=O) groups excluding carboxylic acids is 3. The molecule has 0 N–H and O–H groups in total. The normalized spacial score (nSPS) is 10.6. The van der Waals surface area contributed by atoms with Gasteiger partial charge in [-0.05, 0) is 71.4 Å². The second-order valence-electron chi connectivity index (χ2n) is 7.10. The van der Waals surface area contributed by atoms with Crippen molar-refractivity contribution in [1.29, 1.82) is 0 Å². The van der Waals surface area contributed by atoms with E-state index in [4.69, 9.17) is 32.7 Å². The third-order valence-electron chi connectivity index (χ3n) is 4.85. The molecule has 0 radical (unpaired) electrons. The highest BCUT2D eigenvalue weighted by molar-refractivity contribution is 6.31. The minimum Gasteiger partial charge on any atom is -0.454 e. The number of fused-ring (bicyclic) bond motifs is 1. The summed E-state index contributed by atoms with van der Waals surface area (Å²) in [4.78, 5) is 37.9. The van der Waals surface area contributed by atoms with Crippen LogP contribution in [0.4, 0.5) is 0 Å². The first kappa shape index (κ1) is 22.5. The highest BCUT2D eigenvalue weighted by atomic mass is 35.5. The summed E-state index contributed by atoms with van der Waals surface area (Å²) in [5.41, 5.74) is 0.657. The third kappa shape index (κ3) is 5.40. The Morgan fingerprint density at radius 1 is 0.667 bits per heavy atom. The van der Waals surface area contributed by atoms with Crippen molar-refractivity contribution in [2.75, 3.05) is 6.61 Å². The Kier molecular flexibility index (Phi) is 6.73. The number of hydrogen-bond donors (Lipinski definition) is 0. The lowest BCUT2D eigenvalue weighted by Crippen LogP contribution is -2.16. The van der Waals surface area contributed by atoms with Gasteiger partial charge in [-0.25, -0.2) is 9.59 Å². The summed E-state index contributed by atoms with van der Waals surface area (Å²) >= 11 is 11.7. The van der Waals surface area contributed by atoms with E-state index in [0.29, 0.717) is 15.6 Å². The van der Waals surface area contributed by atoms with E-state index in [2.05, 4.69) is 0 Å². The molecule has 164 valence electrons. The highest BCUT2D eigenvalue weighted by Gasteiger charge is 2.20. The van der Waals surface area contributed by atoms with E-state index in [-0.39, 0.29) is 22.7 Å². The molecule has 0 atom stereocenters. The van der Waals surface area contributed by atoms with Gasteiger partial charge in [0.2, 0.25) is 0 Å². The number of Topliss-reactive ketones (excluding diaryl/α,β-unsaturated/α-hetero) is 1. The Morgan fingerprint density at radius 3 is 1.82 bits per heavy atom. The predicted molar refractivity (Wildman–Crippen MR) is 126 cm³/mol. The van der Waals surface area contributed by atoms with Crippen LogP contribution < -0.4 is 4.74 Å². The SMILES string of the molecule is O=C(COC(=O)c1cc2ccccc2cc1OC(=O)c1ccc(Cl)cc1)c1ccc(Cl)cc1. The zero-order valence-electron chi connectivity index (χ0n) is 17.1. The molecule has 0 aliphatic heterocycles. The molecule has 4 rings (SSSR count). The van der Waals surface area contributed by atoms with Crippen LogP contribution in [0.2, 0.25) is 10.0 Å². The molecule has 0 fully saturated rings. The molecule has 4 aromatic carbocycles. The molecule has 0 saturated heterocycles. The number of halogens is 2. The molecular weight excluding hydrogens is 463 g/mol. The molecule has 0 spiro atoms. The lowest BCUT2D eigenvalue weighted by Gasteiger charge is -2.12. The molecule has 0 bridgehead atoms. The van der Waals surface area contributed by atoms with Gasteiger partial charge < -0.3 is 9.47 Å². The Labute approximate surface area is 199 Å². The van der Waals surface area contributed by atoms with E-state index >= 15 is 0 Å². The maximum absolute atomic E-state index is 12.9. The highest BCUT2D eigenvalue weighted by Crippen LogP contribution is 2.28. The fourth-order valence-corrected chi connectivity index (χ4v) is 3.39. The van der Waals surface area contributed by atoms with Crippen molar-refractivity contribution < 1.29 is 23.9 Å². The van der Waals surface area contributed by atoms with Crippen LogP contribution in [-0.4, -0.2) is 24.3 Å². The molecule has 0 aromatic heterocycles. The Bertz CT molecular complexity index is 1350. The first-order chi connectivity index (χ1) is 15.9. The first-order valence-electron chi connectivity index (χ1n) is 9.87. The van der Waals surface area contributed by atoms with Gasteiger partial charge in [-0.3, -0.25) is 4.79 Å². The fourth-order valence-electron chi connectivity index (χ4n) is 3.14. The number of esters is 2. The van der Waals surface area contributed by atoms with Crippen LogP contribution >= 0.6 is 23.2 Å². The van der Waals surface area contributed by atoms with E-state index < -0.39 is 18.5 Å². The van der Waals surface area contributed by atoms with E-state index in [0.717, 1.165) is 10.8 Å². The van der Waals surface area contributed by atoms with Crippen molar-refractivity contribution in [3.05, 3.63) is 112 Å². The zero-order valence-corrected chi connectivity index (χ0v) is 18.6. The zero-order chi connectivity index (χ0) is 23.4. The summed E-state index contributed by atoms with van der Waals surface area (Å²) < 4.78 is 10.8. The predicted octanol–water partition coefficient (Wildman–Crippen LogP) is 6.41. The second kappa shape index (κ2) is 9.86. The Balaban J connectivity index is 1.58. The van der Waals surface area contributed by atoms with Crippen LogP contribution in [0.3, 0.4) is 0 Å². The van der Waals surface area contributed by atoms with Crippen molar-refractivity contribution >= 4 is 51.7 Å². The molecule has 0 aliphatic carbocycles. The van der Waals surface area contributed by atoms with Gasteiger partial charge in [-0.15, -0.1) is 0 Å². The van der Waals surface area contributed by atoms with Gasteiger partial charge in [0, 0.05) is 15.6 Å². The molecule has 0 heterocycles. The van der Waals surface area contributed by atoms with Crippen molar-refractivity contribution in [1.82, 2.24) is 0 Å². The summed E-state index contributed by atoms with van der Waals surface area (Å²) in [5, 5.41) is 2.49. The molecule has 0 amide bonds. The number of ether oxygens (including phenoxy) is 2. The van der Waals surface area contributed by atoms with Crippen LogP contribution in [0.1, 0.15) is 31.1 Å². The molecule has 33 heavy (non-hydrogen) atoms. The topological polar surface area (TPSA) is 69.7 Å². The average Bonchev–Trinajstić information content (AvgIpc) is 2.82. The summed E-state index contributed by atoms with van der Waals surface area (Å²) in [6.45, 7) is -0.474. The molecule has 5 nitrogen and oxygen atoms in total. The Hall–Kier alpha value is -3.67. The van der Waals surface area contributed by atoms with Crippen molar-refractivity contribution in [3.8, 4) is 5.75 Å². The number of carbonyl (C=O) groups is 3. The number of ketones is 1. The maximum atomic E-state index is 12.9. The quantitative estimate of drug-likeness (QED) is 0.182. The first-order valence-corrected chi connectivity index (χ1v) is 10.6. The van der Waals surface area contributed by atoms with Crippen LogP contribution in [0.15, 0.2) is 84.9 Å². The molecule has 0 saturated carbocycles. The van der Waals surface area contributed by atoms with Gasteiger partial charge in [0.15, 0.2) is 12.4 Å². The van der Waals surface area contributed by atoms with E-state index in [9.17, 15) is 14.4 Å². The van der Waals surface area contributed by atoms with Gasteiger partial charge in [-0.1, -0.05) is 47.5 Å². The minimum absolute atomic E-state index is 0.0255. The third-order valence-corrected chi connectivity index (χ3v) is 5.35. The maximum Gasteiger partial charge on any atom is 0.343 e. The summed E-state index contributed by atoms with van der Waals surface area (Å²) in [5.74, 6) is -1.81. The molecule has 0 unspecified atom stereocenters. The summed E-state index contributed by atoms with van der Waals surface area (Å²) in [6, 6.07) is 22.9. The fraction of sp³-hybridized carbons (Fsp3) is 0.0385. The van der Waals surface area contributed by atoms with E-state index in [1.165, 1.54) is 12.1 Å². The van der Waals surface area contributed by atoms with Gasteiger partial charge in [0.1, 0.15) is 11.3 Å². The van der Waals surface area contributed by atoms with Crippen LogP contribution in [0, 0.1) is 0 Å². The van der Waals surface area contributed by atoms with Gasteiger partial charge >= 0.3 is 11.9 Å². The molecular formula is C26H16Cl2O5. The van der Waals surface area contributed by atoms with Crippen LogP contribution in [-0.2, 0) is 4.74 Å². The number of benzene rings is 4. The molecule has 4 aromatic rings. The molecule has 0 aliphatic rings. The van der Waals surface area contributed by atoms with Gasteiger partial charge in [0.05, 0.1) is 5.56 Å². The monoisotopic (exact) mass is 478 g/mol. The van der Waals surface area contributed by atoms with E-state index in [1.54, 1.807) is 48.5 Å². The number of rotatable bonds is 6. The average molecular weight is 479 g/mol. The lowest BCUT2D eigenvalue weighted by atomic mass is 10.1. The van der Waals surface area contributed by atoms with Crippen molar-refractivity contribution in [3.63, 3.8) is 0 Å². The van der Waals surface area contributed by atoms with Crippen molar-refractivity contribution in [2.45, 2.75) is 0 Å². The minimum atomic E-state index is -0.790. The second-order valence-corrected chi connectivity index (χ2v) is 7.97. The lowest BCUT2D eigenvalue weighted by molar-refractivity contribution is 0.0470. The molecule has 7 heteroatoms. The van der Waals surface area contributed by atoms with Crippen molar-refractivity contribution in [2.24, 2.45) is 0 Å². The largest absolute Gasteiger partial charge is 0.454 e. The van der Waals surface area contributed by atoms with E-state index in [1.807, 2.05) is 24.3 Å². The standard InChI is InChI=1S/C26H16Cl2O5/c27-20-9-5-16(6-10-20)23(29)15-32-26(31)22-13-18-3-1-2-4-19(18)14-24(22)33-25(30)17-7-11-21(28)12-8-17/h1-14H,15H2. The van der Waals surface area contributed by atoms with Gasteiger partial charge in [-0.2, -0.15) is 0 Å². The smallest absolute Gasteiger partial charge is 0.343 e. The van der Waals surface area contributed by atoms with Crippen LogP contribution in [0.25, 0.3) is 10.8 Å². The number of hydrogen-bond acceptors (Lipinski definition) is 5. The summed E-state index contributed by atoms with van der Waals surface area (Å²) in [7, 11) is 0.